The van der Waals surface area contributed by atoms with E-state index in [1.165, 1.54) is 0 Å². The number of nitriles is 1. The molecule has 0 radical (unpaired) electrons. The Labute approximate surface area is 135 Å². The van der Waals surface area contributed by atoms with Crippen molar-refractivity contribution in [3.8, 4) is 6.07 Å². The van der Waals surface area contributed by atoms with Crippen molar-refractivity contribution in [3.63, 3.8) is 0 Å². The van der Waals surface area contributed by atoms with Gasteiger partial charge in [0.25, 0.3) is 0 Å². The highest BCUT2D eigenvalue weighted by Gasteiger charge is 2.26. The van der Waals surface area contributed by atoms with Gasteiger partial charge in [-0.3, -0.25) is 0 Å². The van der Waals surface area contributed by atoms with Crippen molar-refractivity contribution >= 4 is 6.09 Å². The minimum atomic E-state index is -0.447. The van der Waals surface area contributed by atoms with E-state index in [-0.39, 0.29) is 12.1 Å². The zero-order chi connectivity index (χ0) is 16.6. The van der Waals surface area contributed by atoms with E-state index >= 15 is 0 Å². The lowest BCUT2D eigenvalue weighted by atomic mass is 10.0. The summed E-state index contributed by atoms with van der Waals surface area (Å²) < 4.78 is 5.49. The van der Waals surface area contributed by atoms with Crippen LogP contribution in [-0.2, 0) is 4.74 Å². The maximum atomic E-state index is 12.2. The Kier molecular flexibility index (Phi) is 7.67. The topological polar surface area (TPSA) is 65.4 Å². The highest BCUT2D eigenvalue weighted by molar-refractivity contribution is 5.68. The van der Waals surface area contributed by atoms with Crippen LogP contribution in [0.4, 0.5) is 4.79 Å². The molecular weight excluding hydrogens is 278 g/mol. The van der Waals surface area contributed by atoms with Crippen LogP contribution in [0.1, 0.15) is 59.8 Å². The summed E-state index contributed by atoms with van der Waals surface area (Å²) in [5.74, 6) is 0.433. The highest BCUT2D eigenvalue weighted by atomic mass is 16.6. The molecule has 0 aromatic carbocycles. The van der Waals surface area contributed by atoms with Gasteiger partial charge in [-0.25, -0.2) is 4.79 Å². The predicted octanol–water partition coefficient (Wildman–Crippen LogP) is 3.31. The molecule has 22 heavy (non-hydrogen) atoms. The number of nitrogens with zero attached hydrogens (tertiary/aromatic N) is 2. The Morgan fingerprint density at radius 2 is 2.18 bits per heavy atom. The van der Waals surface area contributed by atoms with Crippen molar-refractivity contribution in [2.45, 2.75) is 71.4 Å². The molecule has 5 heteroatoms. The lowest BCUT2D eigenvalue weighted by Crippen LogP contribution is -2.42. The second kappa shape index (κ2) is 8.99. The Balaban J connectivity index is 2.51. The average molecular weight is 309 g/mol. The van der Waals surface area contributed by atoms with Gasteiger partial charge < -0.3 is 15.0 Å². The summed E-state index contributed by atoms with van der Waals surface area (Å²) >= 11 is 0. The molecule has 1 aliphatic heterocycles. The van der Waals surface area contributed by atoms with E-state index in [2.05, 4.69) is 18.3 Å². The van der Waals surface area contributed by atoms with E-state index in [1.54, 1.807) is 0 Å². The Morgan fingerprint density at radius 1 is 1.45 bits per heavy atom. The second-order valence-electron chi connectivity index (χ2n) is 7.16. The number of ether oxygens (including phenoxy) is 1. The summed E-state index contributed by atoms with van der Waals surface area (Å²) in [6, 6.07) is 2.48. The van der Waals surface area contributed by atoms with E-state index in [0.717, 1.165) is 45.3 Å². The quantitative estimate of drug-likeness (QED) is 0.846. The summed E-state index contributed by atoms with van der Waals surface area (Å²) in [4.78, 5) is 14.1. The van der Waals surface area contributed by atoms with Gasteiger partial charge in [0.05, 0.1) is 12.5 Å². The van der Waals surface area contributed by atoms with Crippen LogP contribution in [0, 0.1) is 17.2 Å². The van der Waals surface area contributed by atoms with E-state index < -0.39 is 5.60 Å². The van der Waals surface area contributed by atoms with Crippen molar-refractivity contribution in [3.05, 3.63) is 0 Å². The largest absolute Gasteiger partial charge is 0.444 e. The maximum Gasteiger partial charge on any atom is 0.410 e. The second-order valence-corrected chi connectivity index (χ2v) is 7.16. The molecular formula is C17H31N3O2. The lowest BCUT2D eigenvalue weighted by molar-refractivity contribution is 0.0234. The molecule has 1 aliphatic rings. The summed E-state index contributed by atoms with van der Waals surface area (Å²) in [6.07, 6.45) is 4.58. The molecule has 0 aromatic rings. The smallest absolute Gasteiger partial charge is 0.410 e. The zero-order valence-corrected chi connectivity index (χ0v) is 14.5. The molecule has 0 bridgehead atoms. The van der Waals surface area contributed by atoms with Gasteiger partial charge in [-0.05, 0) is 52.5 Å². The normalized spacial score (nSPS) is 20.9. The third-order valence-electron chi connectivity index (χ3n) is 3.95. The van der Waals surface area contributed by atoms with Gasteiger partial charge in [0.1, 0.15) is 5.60 Å². The van der Waals surface area contributed by atoms with E-state index in [9.17, 15) is 4.79 Å². The monoisotopic (exact) mass is 309 g/mol. The van der Waals surface area contributed by atoms with Crippen LogP contribution < -0.4 is 5.32 Å². The zero-order valence-electron chi connectivity index (χ0n) is 14.5. The van der Waals surface area contributed by atoms with Crippen LogP contribution >= 0.6 is 0 Å². The lowest BCUT2D eigenvalue weighted by Gasteiger charge is -2.29. The molecule has 0 aromatic heterocycles. The Hall–Kier alpha value is -1.28. The van der Waals surface area contributed by atoms with Crippen LogP contribution in [0.5, 0.6) is 0 Å². The molecule has 1 fully saturated rings. The molecule has 2 unspecified atom stereocenters. The van der Waals surface area contributed by atoms with Crippen molar-refractivity contribution in [2.24, 2.45) is 5.92 Å². The third-order valence-corrected chi connectivity index (χ3v) is 3.95. The standard InChI is InChI=1S/C17H31N3O2/c1-5-15(9-10-18)19-12-14-8-6-7-11-20(13-14)16(21)22-17(2,3)4/h14-15,19H,5-9,11-13H2,1-4H3. The first-order valence-corrected chi connectivity index (χ1v) is 8.44. The van der Waals surface area contributed by atoms with Crippen molar-refractivity contribution in [2.75, 3.05) is 19.6 Å². The summed E-state index contributed by atoms with van der Waals surface area (Å²) in [5.41, 5.74) is -0.447. The number of carbonyl (C=O) groups is 1. The first-order valence-electron chi connectivity index (χ1n) is 8.44. The number of likely N-dealkylation sites (tertiary alicyclic amines) is 1. The Bertz CT molecular complexity index is 384. The van der Waals surface area contributed by atoms with E-state index in [1.807, 2.05) is 25.7 Å². The summed E-state index contributed by atoms with van der Waals surface area (Å²) in [5, 5.41) is 12.3. The van der Waals surface area contributed by atoms with Gasteiger partial charge in [0, 0.05) is 19.1 Å². The molecule has 0 spiro atoms. The highest BCUT2D eigenvalue weighted by Crippen LogP contribution is 2.19. The molecule has 126 valence electrons. The fourth-order valence-corrected chi connectivity index (χ4v) is 2.69. The maximum absolute atomic E-state index is 12.2. The Morgan fingerprint density at radius 3 is 2.77 bits per heavy atom. The van der Waals surface area contributed by atoms with Crippen LogP contribution in [0.25, 0.3) is 0 Å². The van der Waals surface area contributed by atoms with Crippen LogP contribution in [-0.4, -0.2) is 42.3 Å². The van der Waals surface area contributed by atoms with Gasteiger partial charge in [-0.2, -0.15) is 5.26 Å². The van der Waals surface area contributed by atoms with E-state index in [4.69, 9.17) is 10.00 Å². The number of hydrogen-bond acceptors (Lipinski definition) is 4. The van der Waals surface area contributed by atoms with Crippen molar-refractivity contribution in [1.29, 1.82) is 5.26 Å². The molecule has 0 aliphatic carbocycles. The van der Waals surface area contributed by atoms with Gasteiger partial charge in [0.15, 0.2) is 0 Å². The molecule has 5 nitrogen and oxygen atoms in total. The van der Waals surface area contributed by atoms with Crippen LogP contribution in [0.3, 0.4) is 0 Å². The third kappa shape index (κ3) is 7.13. The fraction of sp³-hybridized carbons (Fsp3) is 0.882. The molecule has 0 saturated carbocycles. The predicted molar refractivity (Wildman–Crippen MR) is 87.5 cm³/mol. The molecule has 1 amide bonds. The fourth-order valence-electron chi connectivity index (χ4n) is 2.69. The van der Waals surface area contributed by atoms with Gasteiger partial charge in [-0.15, -0.1) is 0 Å². The van der Waals surface area contributed by atoms with Gasteiger partial charge >= 0.3 is 6.09 Å². The van der Waals surface area contributed by atoms with Crippen LogP contribution in [0.2, 0.25) is 0 Å². The first kappa shape index (κ1) is 18.8. The van der Waals surface area contributed by atoms with Crippen molar-refractivity contribution in [1.82, 2.24) is 10.2 Å². The molecule has 2 atom stereocenters. The van der Waals surface area contributed by atoms with Crippen LogP contribution in [0.15, 0.2) is 0 Å². The molecule has 1 N–H and O–H groups in total. The minimum absolute atomic E-state index is 0.205. The average Bonchev–Trinajstić information content (AvgIpc) is 2.67. The number of rotatable bonds is 5. The number of nitrogens with one attached hydrogen (secondary N) is 1. The molecule has 1 heterocycles. The van der Waals surface area contributed by atoms with Gasteiger partial charge in [-0.1, -0.05) is 13.3 Å². The van der Waals surface area contributed by atoms with Crippen molar-refractivity contribution < 1.29 is 9.53 Å². The molecule has 1 saturated heterocycles. The minimum Gasteiger partial charge on any atom is -0.444 e. The number of carbonyl (C=O) groups excluding carboxylic acids is 1. The number of hydrogen-bond donors (Lipinski definition) is 1. The summed E-state index contributed by atoms with van der Waals surface area (Å²) in [6.45, 7) is 10.2. The SMILES string of the molecule is CCC(CC#N)NCC1CCCCN(C(=O)OC(C)(C)C)C1. The van der Waals surface area contributed by atoms with Gasteiger partial charge in [0.2, 0.25) is 0 Å². The number of amides is 1. The summed E-state index contributed by atoms with van der Waals surface area (Å²) in [7, 11) is 0. The van der Waals surface area contributed by atoms with E-state index in [0.29, 0.717) is 12.3 Å². The molecule has 1 rings (SSSR count). The first-order chi connectivity index (χ1) is 10.4.